The molecule has 17 heavy (non-hydrogen) atoms. The molecule has 1 aromatic heterocycles. The predicted octanol–water partition coefficient (Wildman–Crippen LogP) is 1.87. The maximum Gasteiger partial charge on any atom is 0.140 e. The second-order valence-corrected chi connectivity index (χ2v) is 5.19. The van der Waals surface area contributed by atoms with E-state index < -0.39 is 0 Å². The Hall–Kier alpha value is -0.710. The van der Waals surface area contributed by atoms with Crippen LogP contribution < -0.4 is 5.32 Å². The van der Waals surface area contributed by atoms with Crippen molar-refractivity contribution in [2.45, 2.75) is 25.8 Å². The van der Waals surface area contributed by atoms with Gasteiger partial charge in [-0.05, 0) is 35.4 Å². The fourth-order valence-corrected chi connectivity index (χ4v) is 2.93. The largest absolute Gasteiger partial charge is 0.379 e. The molecule has 0 bridgehead atoms. The van der Waals surface area contributed by atoms with Crippen LogP contribution in [0.1, 0.15) is 18.9 Å². The number of carbonyl (C=O) groups excluding carboxylic acids is 1. The lowest BCUT2D eigenvalue weighted by atomic mass is 9.94. The van der Waals surface area contributed by atoms with Crippen molar-refractivity contribution in [1.82, 2.24) is 5.32 Å². The first kappa shape index (κ1) is 12.7. The van der Waals surface area contributed by atoms with Gasteiger partial charge in [0.1, 0.15) is 5.78 Å². The first-order chi connectivity index (χ1) is 8.31. The van der Waals surface area contributed by atoms with Crippen molar-refractivity contribution in [3.05, 3.63) is 22.4 Å². The van der Waals surface area contributed by atoms with Gasteiger partial charge in [-0.15, -0.1) is 0 Å². The molecular formula is C13H19NO2S. The smallest absolute Gasteiger partial charge is 0.140 e. The summed E-state index contributed by atoms with van der Waals surface area (Å²) < 4.78 is 5.40. The van der Waals surface area contributed by atoms with E-state index in [4.69, 9.17) is 4.74 Å². The maximum absolute atomic E-state index is 12.1. The van der Waals surface area contributed by atoms with E-state index in [2.05, 4.69) is 29.1 Å². The van der Waals surface area contributed by atoms with E-state index in [1.54, 1.807) is 11.3 Å². The van der Waals surface area contributed by atoms with E-state index >= 15 is 0 Å². The number of carbonyl (C=O) groups is 1. The molecule has 2 atom stereocenters. The summed E-state index contributed by atoms with van der Waals surface area (Å²) in [5.41, 5.74) is 1.27. The fraction of sp³-hybridized carbons (Fsp3) is 0.615. The van der Waals surface area contributed by atoms with Crippen LogP contribution in [-0.2, 0) is 16.0 Å². The molecule has 0 spiro atoms. The molecule has 1 fully saturated rings. The number of Topliss-reactive ketones (excluding diaryl/α,β-unsaturated/α-hetero) is 1. The molecular weight excluding hydrogens is 234 g/mol. The summed E-state index contributed by atoms with van der Waals surface area (Å²) in [5, 5.41) is 7.49. The molecule has 1 aromatic rings. The molecule has 2 heterocycles. The lowest BCUT2D eigenvalue weighted by Crippen LogP contribution is -2.39. The van der Waals surface area contributed by atoms with E-state index in [1.807, 2.05) is 0 Å². The van der Waals surface area contributed by atoms with Crippen molar-refractivity contribution < 1.29 is 9.53 Å². The summed E-state index contributed by atoms with van der Waals surface area (Å²) in [6.45, 7) is 4.20. The van der Waals surface area contributed by atoms with E-state index in [0.717, 1.165) is 13.0 Å². The van der Waals surface area contributed by atoms with Crippen LogP contribution in [0, 0.1) is 5.92 Å². The van der Waals surface area contributed by atoms with E-state index in [0.29, 0.717) is 25.4 Å². The minimum absolute atomic E-state index is 0.0496. The van der Waals surface area contributed by atoms with Gasteiger partial charge in [-0.3, -0.25) is 4.79 Å². The first-order valence-electron chi connectivity index (χ1n) is 6.16. The zero-order chi connectivity index (χ0) is 12.1. The summed E-state index contributed by atoms with van der Waals surface area (Å²) in [6, 6.07) is 2.31. The maximum atomic E-state index is 12.1. The first-order valence-corrected chi connectivity index (χ1v) is 7.10. The Morgan fingerprint density at radius 3 is 3.18 bits per heavy atom. The normalized spacial score (nSPS) is 24.1. The standard InChI is InChI=1S/C13H19NO2S/c1-2-14-12-8-16-7-11(12)13(15)4-3-10-5-6-17-9-10/h5-6,9,11-12,14H,2-4,7-8H2,1H3. The number of nitrogens with one attached hydrogen (secondary N) is 1. The summed E-state index contributed by atoms with van der Waals surface area (Å²) >= 11 is 1.68. The summed E-state index contributed by atoms with van der Waals surface area (Å²) in [7, 11) is 0. The van der Waals surface area contributed by atoms with Crippen LogP contribution in [0.3, 0.4) is 0 Å². The van der Waals surface area contributed by atoms with E-state index in [9.17, 15) is 4.79 Å². The number of ether oxygens (including phenoxy) is 1. The van der Waals surface area contributed by atoms with Crippen LogP contribution in [0.15, 0.2) is 16.8 Å². The minimum Gasteiger partial charge on any atom is -0.379 e. The van der Waals surface area contributed by atoms with Crippen LogP contribution in [0.5, 0.6) is 0 Å². The van der Waals surface area contributed by atoms with Gasteiger partial charge in [-0.25, -0.2) is 0 Å². The molecule has 1 N–H and O–H groups in total. The predicted molar refractivity (Wildman–Crippen MR) is 69.4 cm³/mol. The number of hydrogen-bond donors (Lipinski definition) is 1. The molecule has 0 radical (unpaired) electrons. The molecule has 1 aliphatic heterocycles. The number of thiophene rings is 1. The van der Waals surface area contributed by atoms with Crippen molar-refractivity contribution in [1.29, 1.82) is 0 Å². The number of aryl methyl sites for hydroxylation is 1. The number of hydrogen-bond acceptors (Lipinski definition) is 4. The minimum atomic E-state index is 0.0496. The summed E-state index contributed by atoms with van der Waals surface area (Å²) in [4.78, 5) is 12.1. The molecule has 4 heteroatoms. The number of ketones is 1. The molecule has 1 aliphatic rings. The molecule has 0 aliphatic carbocycles. The van der Waals surface area contributed by atoms with Crippen LogP contribution in [-0.4, -0.2) is 31.6 Å². The van der Waals surface area contributed by atoms with Gasteiger partial charge < -0.3 is 10.1 Å². The molecule has 0 saturated carbocycles. The summed E-state index contributed by atoms with van der Waals surface area (Å²) in [6.07, 6.45) is 1.49. The fourth-order valence-electron chi connectivity index (χ4n) is 2.22. The van der Waals surface area contributed by atoms with E-state index in [-0.39, 0.29) is 12.0 Å². The SMILES string of the molecule is CCNC1COCC1C(=O)CCc1ccsc1. The van der Waals surface area contributed by atoms with Crippen LogP contribution >= 0.6 is 11.3 Å². The Balaban J connectivity index is 1.82. The average Bonchev–Trinajstić information content (AvgIpc) is 2.97. The monoisotopic (exact) mass is 253 g/mol. The molecule has 2 unspecified atom stereocenters. The van der Waals surface area contributed by atoms with Gasteiger partial charge in [-0.2, -0.15) is 11.3 Å². The third kappa shape index (κ3) is 3.37. The Kier molecular flexibility index (Phi) is 4.71. The highest BCUT2D eigenvalue weighted by molar-refractivity contribution is 7.07. The zero-order valence-corrected chi connectivity index (χ0v) is 11.0. The van der Waals surface area contributed by atoms with Gasteiger partial charge in [0, 0.05) is 12.5 Å². The van der Waals surface area contributed by atoms with E-state index in [1.165, 1.54) is 5.56 Å². The van der Waals surface area contributed by atoms with Crippen molar-refractivity contribution in [3.8, 4) is 0 Å². The number of likely N-dealkylation sites (N-methyl/N-ethyl adjacent to an activating group) is 1. The third-order valence-corrected chi connectivity index (χ3v) is 3.93. The molecule has 2 rings (SSSR count). The van der Waals surface area contributed by atoms with Crippen LogP contribution in [0.4, 0.5) is 0 Å². The van der Waals surface area contributed by atoms with Gasteiger partial charge in [-0.1, -0.05) is 6.92 Å². The second-order valence-electron chi connectivity index (χ2n) is 4.41. The second kappa shape index (κ2) is 6.28. The Bertz CT molecular complexity index is 350. The Morgan fingerprint density at radius 1 is 1.59 bits per heavy atom. The van der Waals surface area contributed by atoms with Crippen LogP contribution in [0.25, 0.3) is 0 Å². The topological polar surface area (TPSA) is 38.3 Å². The van der Waals surface area contributed by atoms with Crippen molar-refractivity contribution >= 4 is 17.1 Å². The molecule has 0 amide bonds. The van der Waals surface area contributed by atoms with Crippen molar-refractivity contribution in [2.75, 3.05) is 19.8 Å². The third-order valence-electron chi connectivity index (χ3n) is 3.20. The van der Waals surface area contributed by atoms with Gasteiger partial charge in [0.05, 0.1) is 19.1 Å². The quantitative estimate of drug-likeness (QED) is 0.841. The van der Waals surface area contributed by atoms with Gasteiger partial charge >= 0.3 is 0 Å². The molecule has 1 saturated heterocycles. The van der Waals surface area contributed by atoms with Gasteiger partial charge in [0.2, 0.25) is 0 Å². The van der Waals surface area contributed by atoms with Crippen LogP contribution in [0.2, 0.25) is 0 Å². The van der Waals surface area contributed by atoms with Gasteiger partial charge in [0.25, 0.3) is 0 Å². The lowest BCUT2D eigenvalue weighted by Gasteiger charge is -2.16. The highest BCUT2D eigenvalue weighted by Gasteiger charge is 2.32. The highest BCUT2D eigenvalue weighted by atomic mass is 32.1. The Morgan fingerprint density at radius 2 is 2.47 bits per heavy atom. The Labute approximate surface area is 106 Å². The van der Waals surface area contributed by atoms with Crippen molar-refractivity contribution in [3.63, 3.8) is 0 Å². The molecule has 94 valence electrons. The average molecular weight is 253 g/mol. The zero-order valence-electron chi connectivity index (χ0n) is 10.1. The summed E-state index contributed by atoms with van der Waals surface area (Å²) in [5.74, 6) is 0.383. The lowest BCUT2D eigenvalue weighted by molar-refractivity contribution is -0.123. The molecule has 3 nitrogen and oxygen atoms in total. The molecule has 0 aromatic carbocycles. The highest BCUT2D eigenvalue weighted by Crippen LogP contribution is 2.18. The van der Waals surface area contributed by atoms with Crippen molar-refractivity contribution in [2.24, 2.45) is 5.92 Å². The number of rotatable bonds is 6. The van der Waals surface area contributed by atoms with Gasteiger partial charge in [0.15, 0.2) is 0 Å².